The van der Waals surface area contributed by atoms with Crippen molar-refractivity contribution in [2.45, 2.75) is 26.7 Å². The van der Waals surface area contributed by atoms with E-state index in [1.165, 1.54) is 0 Å². The van der Waals surface area contributed by atoms with Gasteiger partial charge in [-0.1, -0.05) is 26.5 Å². The predicted octanol–water partition coefficient (Wildman–Crippen LogP) is 2.36. The van der Waals surface area contributed by atoms with E-state index in [0.29, 0.717) is 6.42 Å². The van der Waals surface area contributed by atoms with E-state index >= 15 is 0 Å². The molecule has 0 bridgehead atoms. The molecule has 0 spiro atoms. The first-order valence-corrected chi connectivity index (χ1v) is 5.57. The van der Waals surface area contributed by atoms with Gasteiger partial charge in [0.25, 0.3) is 0 Å². The molecule has 0 rings (SSSR count). The summed E-state index contributed by atoms with van der Waals surface area (Å²) in [5, 5.41) is 0. The molecule has 13 heavy (non-hydrogen) atoms. The average molecular weight is 206 g/mol. The summed E-state index contributed by atoms with van der Waals surface area (Å²) >= 11 is 0. The maximum atomic E-state index is 10.5. The van der Waals surface area contributed by atoms with Crippen molar-refractivity contribution in [3.8, 4) is 0 Å². The van der Waals surface area contributed by atoms with Gasteiger partial charge in [-0.15, -0.1) is 0 Å². The van der Waals surface area contributed by atoms with E-state index in [2.05, 4.69) is 11.1 Å². The Balaban J connectivity index is 4.41. The van der Waals surface area contributed by atoms with Crippen molar-refractivity contribution in [2.24, 2.45) is 0 Å². The van der Waals surface area contributed by atoms with Gasteiger partial charge in [-0.25, -0.2) is 4.57 Å². The molecule has 0 saturated heterocycles. The molecule has 76 valence electrons. The number of phosphoric acid groups is 1. The number of hydrogen-bond acceptors (Lipinski definition) is 2. The molecule has 0 radical (unpaired) electrons. The normalized spacial score (nSPS) is 12.8. The van der Waals surface area contributed by atoms with Crippen LogP contribution in [0, 0.1) is 0 Å². The summed E-state index contributed by atoms with van der Waals surface area (Å²) in [7, 11) is -4.45. The summed E-state index contributed by atoms with van der Waals surface area (Å²) in [5.41, 5.74) is 0.728. The topological polar surface area (TPSA) is 66.8 Å². The zero-order chi connectivity index (χ0) is 10.5. The largest absolute Gasteiger partial charge is 0.524 e. The highest BCUT2D eigenvalue weighted by Gasteiger charge is 2.17. The van der Waals surface area contributed by atoms with E-state index in [1.54, 1.807) is 0 Å². The molecule has 0 aliphatic heterocycles. The van der Waals surface area contributed by atoms with Crippen molar-refractivity contribution >= 4 is 7.82 Å². The average Bonchev–Trinajstić information content (AvgIpc) is 1.96. The summed E-state index contributed by atoms with van der Waals surface area (Å²) in [5.74, 6) is 0.0534. The number of allylic oxidation sites excluding steroid dienone is 2. The van der Waals surface area contributed by atoms with Crippen molar-refractivity contribution in [1.29, 1.82) is 0 Å². The van der Waals surface area contributed by atoms with Crippen LogP contribution < -0.4 is 0 Å². The van der Waals surface area contributed by atoms with Gasteiger partial charge in [0, 0.05) is 0 Å². The van der Waals surface area contributed by atoms with Crippen LogP contribution in [0.4, 0.5) is 0 Å². The van der Waals surface area contributed by atoms with Gasteiger partial charge in [0.2, 0.25) is 0 Å². The van der Waals surface area contributed by atoms with Gasteiger partial charge in [0.05, 0.1) is 0 Å². The molecule has 0 unspecified atom stereocenters. The molecule has 0 aliphatic rings. The fraction of sp³-hybridized carbons (Fsp3) is 0.500. The summed E-state index contributed by atoms with van der Waals surface area (Å²) in [6, 6.07) is 0. The molecule has 0 aromatic heterocycles. The third kappa shape index (κ3) is 5.64. The molecule has 0 atom stereocenters. The van der Waals surface area contributed by atoms with Gasteiger partial charge in [0.1, 0.15) is 5.76 Å². The summed E-state index contributed by atoms with van der Waals surface area (Å²) < 4.78 is 14.8. The number of hydrogen-bond donors (Lipinski definition) is 2. The van der Waals surface area contributed by atoms with E-state index in [-0.39, 0.29) is 5.76 Å². The molecule has 0 amide bonds. The highest BCUT2D eigenvalue weighted by Crippen LogP contribution is 2.40. The summed E-state index contributed by atoms with van der Waals surface area (Å²) in [6.07, 6.45) is 3.26. The SMILES string of the molecule is C=C(OP(=O)(O)O)C(=CCC)CC. The van der Waals surface area contributed by atoms with Crippen molar-refractivity contribution < 1.29 is 18.9 Å². The Labute approximate surface area is 78.2 Å². The van der Waals surface area contributed by atoms with Crippen LogP contribution in [-0.2, 0) is 9.09 Å². The Kier molecular flexibility index (Phi) is 4.99. The van der Waals surface area contributed by atoms with E-state index in [4.69, 9.17) is 9.79 Å². The Morgan fingerprint density at radius 2 is 2.08 bits per heavy atom. The van der Waals surface area contributed by atoms with Crippen LogP contribution >= 0.6 is 7.82 Å². The van der Waals surface area contributed by atoms with Crippen LogP contribution in [0.15, 0.2) is 24.0 Å². The van der Waals surface area contributed by atoms with Gasteiger partial charge in [-0.05, 0) is 18.4 Å². The molecule has 4 nitrogen and oxygen atoms in total. The first-order valence-electron chi connectivity index (χ1n) is 4.04. The first kappa shape index (κ1) is 12.4. The van der Waals surface area contributed by atoms with Crippen LogP contribution in [0.2, 0.25) is 0 Å². The molecule has 0 heterocycles. The smallest absolute Gasteiger partial charge is 0.405 e. The van der Waals surface area contributed by atoms with Crippen LogP contribution in [0.1, 0.15) is 26.7 Å². The maximum Gasteiger partial charge on any atom is 0.524 e. The molecule has 0 aliphatic carbocycles. The van der Waals surface area contributed by atoms with Crippen molar-refractivity contribution in [2.75, 3.05) is 0 Å². The zero-order valence-corrected chi connectivity index (χ0v) is 8.75. The Hall–Kier alpha value is -0.570. The highest BCUT2D eigenvalue weighted by molar-refractivity contribution is 7.46. The van der Waals surface area contributed by atoms with Crippen molar-refractivity contribution in [3.63, 3.8) is 0 Å². The fourth-order valence-corrected chi connectivity index (χ4v) is 1.31. The molecule has 2 N–H and O–H groups in total. The molecule has 0 aromatic rings. The molecular weight excluding hydrogens is 191 g/mol. The first-order chi connectivity index (χ1) is 5.90. The van der Waals surface area contributed by atoms with Gasteiger partial charge < -0.3 is 4.52 Å². The second-order valence-electron chi connectivity index (χ2n) is 2.50. The second kappa shape index (κ2) is 5.22. The van der Waals surface area contributed by atoms with Crippen molar-refractivity contribution in [3.05, 3.63) is 24.0 Å². The standard InChI is InChI=1S/C8H15O4P/c1-4-6-8(5-2)7(3)12-13(9,10)11/h6H,3-5H2,1-2H3,(H2,9,10,11). The third-order valence-corrected chi connectivity index (χ3v) is 1.88. The number of phosphoric ester groups is 1. The molecule has 0 fully saturated rings. The Bertz CT molecular complexity index is 251. The quantitative estimate of drug-likeness (QED) is 0.411. The van der Waals surface area contributed by atoms with Gasteiger partial charge in [-0.3, -0.25) is 9.79 Å². The van der Waals surface area contributed by atoms with Gasteiger partial charge in [-0.2, -0.15) is 0 Å². The summed E-state index contributed by atoms with van der Waals surface area (Å²) in [4.78, 5) is 17.0. The number of rotatable bonds is 5. The molecule has 0 saturated carbocycles. The Morgan fingerprint density at radius 3 is 2.38 bits per heavy atom. The van der Waals surface area contributed by atoms with Crippen LogP contribution in [-0.4, -0.2) is 9.79 Å². The fourth-order valence-electron chi connectivity index (χ4n) is 0.904. The lowest BCUT2D eigenvalue weighted by Gasteiger charge is -2.11. The van der Waals surface area contributed by atoms with Crippen molar-refractivity contribution in [1.82, 2.24) is 0 Å². The lowest BCUT2D eigenvalue weighted by Crippen LogP contribution is -1.92. The van der Waals surface area contributed by atoms with E-state index in [9.17, 15) is 4.57 Å². The maximum absolute atomic E-state index is 10.5. The van der Waals surface area contributed by atoms with E-state index in [1.807, 2.05) is 19.9 Å². The van der Waals surface area contributed by atoms with E-state index < -0.39 is 7.82 Å². The predicted molar refractivity (Wildman–Crippen MR) is 50.9 cm³/mol. The lowest BCUT2D eigenvalue weighted by atomic mass is 10.1. The highest BCUT2D eigenvalue weighted by atomic mass is 31.2. The minimum Gasteiger partial charge on any atom is -0.405 e. The lowest BCUT2D eigenvalue weighted by molar-refractivity contribution is 0.245. The third-order valence-electron chi connectivity index (χ3n) is 1.42. The second-order valence-corrected chi connectivity index (χ2v) is 3.66. The minimum absolute atomic E-state index is 0.0534. The Morgan fingerprint density at radius 1 is 1.54 bits per heavy atom. The van der Waals surface area contributed by atoms with Crippen LogP contribution in [0.25, 0.3) is 0 Å². The molecule has 0 aromatic carbocycles. The van der Waals surface area contributed by atoms with Gasteiger partial charge in [0.15, 0.2) is 0 Å². The van der Waals surface area contributed by atoms with E-state index in [0.717, 1.165) is 12.0 Å². The molecule has 5 heteroatoms. The zero-order valence-electron chi connectivity index (χ0n) is 7.86. The van der Waals surface area contributed by atoms with Crippen LogP contribution in [0.3, 0.4) is 0 Å². The monoisotopic (exact) mass is 206 g/mol. The summed E-state index contributed by atoms with van der Waals surface area (Å²) in [6.45, 7) is 7.25. The molecular formula is C8H15O4P. The van der Waals surface area contributed by atoms with Crippen LogP contribution in [0.5, 0.6) is 0 Å². The van der Waals surface area contributed by atoms with Gasteiger partial charge >= 0.3 is 7.82 Å². The minimum atomic E-state index is -4.45.